The van der Waals surface area contributed by atoms with Gasteiger partial charge in [-0.2, -0.15) is 5.10 Å². The van der Waals surface area contributed by atoms with E-state index in [0.29, 0.717) is 30.3 Å². The lowest BCUT2D eigenvalue weighted by atomic mass is 9.68. The van der Waals surface area contributed by atoms with E-state index in [4.69, 9.17) is 9.47 Å². The second-order valence-electron chi connectivity index (χ2n) is 12.7. The van der Waals surface area contributed by atoms with E-state index in [2.05, 4.69) is 10.4 Å². The number of fused-ring (bicyclic) bond motifs is 1. The largest absolute Gasteiger partial charge is 0.441 e. The number of alkyl halides is 1. The SMILES string of the molecule is COC1NCC(F)C2(CCCCCCCC2)C1OC(=O)N1C[C@H](C)N(C(C)=O)c2ccc(-c3cnn(C4CC4)c3)cc21. The first-order valence-corrected chi connectivity index (χ1v) is 15.7. The Balaban J connectivity index is 1.34. The fourth-order valence-electron chi connectivity index (χ4n) is 7.39. The summed E-state index contributed by atoms with van der Waals surface area (Å²) in [6.07, 6.45) is 10.6. The van der Waals surface area contributed by atoms with Crippen molar-refractivity contribution in [2.45, 2.75) is 109 Å². The Hall–Kier alpha value is -2.98. The molecule has 2 aliphatic carbocycles. The van der Waals surface area contributed by atoms with Crippen molar-refractivity contribution in [1.82, 2.24) is 15.1 Å². The van der Waals surface area contributed by atoms with Gasteiger partial charge in [0.05, 0.1) is 29.7 Å². The summed E-state index contributed by atoms with van der Waals surface area (Å²) in [4.78, 5) is 30.3. The van der Waals surface area contributed by atoms with Crippen molar-refractivity contribution in [3.63, 3.8) is 0 Å². The number of nitrogens with one attached hydrogen (secondary N) is 1. The summed E-state index contributed by atoms with van der Waals surface area (Å²) in [5, 5.41) is 7.68. The van der Waals surface area contributed by atoms with E-state index in [-0.39, 0.29) is 25.0 Å². The van der Waals surface area contributed by atoms with E-state index in [1.54, 1.807) is 23.8 Å². The lowest BCUT2D eigenvalue weighted by Gasteiger charge is -2.50. The molecule has 2 amide bonds. The minimum atomic E-state index is -1.14. The molecule has 0 bridgehead atoms. The topological polar surface area (TPSA) is 88.9 Å². The molecule has 10 heteroatoms. The highest BCUT2D eigenvalue weighted by Gasteiger charge is 2.54. The summed E-state index contributed by atoms with van der Waals surface area (Å²) >= 11 is 0. The van der Waals surface area contributed by atoms with Crippen LogP contribution in [0.5, 0.6) is 0 Å². The number of carbonyl (C=O) groups is 2. The number of anilines is 2. The quantitative estimate of drug-likeness (QED) is 0.478. The van der Waals surface area contributed by atoms with Crippen molar-refractivity contribution in [2.75, 3.05) is 30.0 Å². The number of rotatable bonds is 4. The summed E-state index contributed by atoms with van der Waals surface area (Å²) in [5.74, 6) is -0.0909. The molecule has 1 aromatic carbocycles. The molecule has 2 aliphatic heterocycles. The lowest BCUT2D eigenvalue weighted by Crippen LogP contribution is -2.64. The van der Waals surface area contributed by atoms with Crippen LogP contribution in [0, 0.1) is 5.41 Å². The van der Waals surface area contributed by atoms with E-state index < -0.39 is 30.0 Å². The Labute approximate surface area is 247 Å². The summed E-state index contributed by atoms with van der Waals surface area (Å²) < 4.78 is 30.1. The van der Waals surface area contributed by atoms with Crippen LogP contribution in [0.15, 0.2) is 30.6 Å². The lowest BCUT2D eigenvalue weighted by molar-refractivity contribution is -0.156. The smallest absolute Gasteiger partial charge is 0.414 e. The fraction of sp³-hybridized carbons (Fsp3) is 0.656. The van der Waals surface area contributed by atoms with Crippen LogP contribution in [0.1, 0.15) is 84.1 Å². The minimum Gasteiger partial charge on any atom is -0.441 e. The van der Waals surface area contributed by atoms with E-state index in [9.17, 15) is 9.59 Å². The maximum absolute atomic E-state index is 16.0. The Morgan fingerprint density at radius 3 is 2.43 bits per heavy atom. The van der Waals surface area contributed by atoms with Crippen LogP contribution < -0.4 is 15.1 Å². The van der Waals surface area contributed by atoms with Crippen molar-refractivity contribution in [1.29, 1.82) is 0 Å². The first-order valence-electron chi connectivity index (χ1n) is 15.7. The number of benzene rings is 1. The molecule has 1 saturated heterocycles. The molecule has 9 nitrogen and oxygen atoms in total. The average molecular weight is 582 g/mol. The first kappa shape index (κ1) is 29.1. The van der Waals surface area contributed by atoms with E-state index in [1.807, 2.05) is 42.2 Å². The third-order valence-corrected chi connectivity index (χ3v) is 9.81. The number of carbonyl (C=O) groups excluding carboxylic acids is 2. The van der Waals surface area contributed by atoms with Crippen molar-refractivity contribution in [3.05, 3.63) is 30.6 Å². The Kier molecular flexibility index (Phi) is 8.29. The zero-order chi connectivity index (χ0) is 29.4. The van der Waals surface area contributed by atoms with Crippen LogP contribution in [0.2, 0.25) is 0 Å². The molecule has 42 heavy (non-hydrogen) atoms. The number of hydrogen-bond donors (Lipinski definition) is 1. The normalized spacial score (nSPS) is 28.0. The van der Waals surface area contributed by atoms with Crippen molar-refractivity contribution in [2.24, 2.45) is 5.41 Å². The predicted octanol–water partition coefficient (Wildman–Crippen LogP) is 5.99. The summed E-state index contributed by atoms with van der Waals surface area (Å²) in [6, 6.07) is 6.00. The summed E-state index contributed by atoms with van der Waals surface area (Å²) in [6.45, 7) is 3.92. The second kappa shape index (κ2) is 12.0. The molecule has 1 spiro atoms. The standard InChI is InChI=1S/C32H44FN5O4/c1-21-19-36(27-16-23(10-13-26(27)38(21)22(2)39)24-17-35-37(20-24)25-11-12-25)31(40)42-29-30(41-3)34-18-28(33)32(29)14-8-6-4-5-7-9-15-32/h10,13,16-17,20-21,25,28-30,34H,4-9,11-12,14-15,18-19H2,1-3H3/t21-,28?,29?,30?/m0/s1. The van der Waals surface area contributed by atoms with Gasteiger partial charge < -0.3 is 14.4 Å². The highest BCUT2D eigenvalue weighted by Crippen LogP contribution is 2.47. The number of nitrogens with zero attached hydrogens (tertiary/aromatic N) is 4. The second-order valence-corrected chi connectivity index (χ2v) is 12.7. The Morgan fingerprint density at radius 2 is 1.76 bits per heavy atom. The minimum absolute atomic E-state index is 0.0909. The third kappa shape index (κ3) is 5.43. The molecule has 1 N–H and O–H groups in total. The van der Waals surface area contributed by atoms with Gasteiger partial charge in [0, 0.05) is 44.3 Å². The van der Waals surface area contributed by atoms with Crippen LogP contribution >= 0.6 is 0 Å². The zero-order valence-electron chi connectivity index (χ0n) is 25.1. The molecule has 3 unspecified atom stereocenters. The maximum atomic E-state index is 16.0. The molecule has 2 aromatic rings. The molecule has 228 valence electrons. The number of amides is 2. The monoisotopic (exact) mass is 581 g/mol. The summed E-state index contributed by atoms with van der Waals surface area (Å²) in [7, 11) is 1.58. The van der Waals surface area contributed by atoms with Gasteiger partial charge in [-0.1, -0.05) is 44.6 Å². The number of piperidine rings is 1. The zero-order valence-corrected chi connectivity index (χ0v) is 25.1. The number of methoxy groups -OCH3 is 1. The Morgan fingerprint density at radius 1 is 1.05 bits per heavy atom. The van der Waals surface area contributed by atoms with Crippen LogP contribution in [-0.4, -0.2) is 66.5 Å². The van der Waals surface area contributed by atoms with Gasteiger partial charge in [-0.3, -0.25) is 19.7 Å². The molecule has 4 aliphatic rings. The predicted molar refractivity (Wildman–Crippen MR) is 159 cm³/mol. The van der Waals surface area contributed by atoms with Crippen LogP contribution in [0.3, 0.4) is 0 Å². The van der Waals surface area contributed by atoms with E-state index in [0.717, 1.165) is 62.5 Å². The molecule has 0 radical (unpaired) electrons. The van der Waals surface area contributed by atoms with Gasteiger partial charge >= 0.3 is 6.09 Å². The van der Waals surface area contributed by atoms with Crippen molar-refractivity contribution < 1.29 is 23.5 Å². The first-order chi connectivity index (χ1) is 20.3. The maximum Gasteiger partial charge on any atom is 0.414 e. The number of aromatic nitrogens is 2. The van der Waals surface area contributed by atoms with Gasteiger partial charge in [0.15, 0.2) is 6.10 Å². The molecule has 2 saturated carbocycles. The van der Waals surface area contributed by atoms with Crippen molar-refractivity contribution >= 4 is 23.4 Å². The Bertz CT molecular complexity index is 1290. The van der Waals surface area contributed by atoms with Gasteiger partial charge in [0.25, 0.3) is 0 Å². The van der Waals surface area contributed by atoms with Gasteiger partial charge in [0.1, 0.15) is 12.4 Å². The molecule has 3 fully saturated rings. The molecule has 1 aromatic heterocycles. The molecular weight excluding hydrogens is 537 g/mol. The molecular formula is C32H44FN5O4. The summed E-state index contributed by atoms with van der Waals surface area (Å²) in [5.41, 5.74) is 2.31. The van der Waals surface area contributed by atoms with Gasteiger partial charge in [0.2, 0.25) is 5.91 Å². The van der Waals surface area contributed by atoms with Crippen LogP contribution in [0.4, 0.5) is 20.6 Å². The van der Waals surface area contributed by atoms with Crippen LogP contribution in [0.25, 0.3) is 11.1 Å². The van der Waals surface area contributed by atoms with Gasteiger partial charge in [-0.25, -0.2) is 9.18 Å². The molecule has 4 atom stereocenters. The number of hydrogen-bond acceptors (Lipinski definition) is 6. The number of ether oxygens (including phenoxy) is 2. The fourth-order valence-corrected chi connectivity index (χ4v) is 7.39. The third-order valence-electron chi connectivity index (χ3n) is 9.81. The number of halogens is 1. The van der Waals surface area contributed by atoms with Gasteiger partial charge in [-0.15, -0.1) is 0 Å². The molecule has 6 rings (SSSR count). The highest BCUT2D eigenvalue weighted by atomic mass is 19.1. The van der Waals surface area contributed by atoms with E-state index >= 15 is 4.39 Å². The molecule has 3 heterocycles. The van der Waals surface area contributed by atoms with Crippen molar-refractivity contribution in [3.8, 4) is 11.1 Å². The highest BCUT2D eigenvalue weighted by molar-refractivity contribution is 6.03. The van der Waals surface area contributed by atoms with Crippen LogP contribution in [-0.2, 0) is 14.3 Å². The average Bonchev–Trinajstić information content (AvgIpc) is 3.68. The van der Waals surface area contributed by atoms with Gasteiger partial charge in [-0.05, 0) is 50.3 Å². The van der Waals surface area contributed by atoms with E-state index in [1.165, 1.54) is 0 Å².